The zero-order valence-electron chi connectivity index (χ0n) is 13.2. The average Bonchev–Trinajstić information content (AvgIpc) is 2.55. The van der Waals surface area contributed by atoms with E-state index in [9.17, 15) is 9.18 Å². The summed E-state index contributed by atoms with van der Waals surface area (Å²) in [5, 5.41) is 3.35. The number of benzene rings is 1. The van der Waals surface area contributed by atoms with E-state index in [1.807, 2.05) is 0 Å². The molecule has 3 nitrogen and oxygen atoms in total. The highest BCUT2D eigenvalue weighted by atomic mass is 32.2. The van der Waals surface area contributed by atoms with Crippen molar-refractivity contribution in [3.05, 3.63) is 30.1 Å². The minimum Gasteiger partial charge on any atom is -0.340 e. The number of piperidine rings is 1. The fraction of sp³-hybridized carbons (Fsp3) is 0.588. The maximum absolute atomic E-state index is 12.9. The molecule has 5 heteroatoms. The van der Waals surface area contributed by atoms with Gasteiger partial charge in [-0.2, -0.15) is 0 Å². The van der Waals surface area contributed by atoms with Crippen molar-refractivity contribution in [1.29, 1.82) is 0 Å². The smallest absolute Gasteiger partial charge is 0.223 e. The monoisotopic (exact) mass is 324 g/mol. The van der Waals surface area contributed by atoms with Gasteiger partial charge in [0.1, 0.15) is 5.82 Å². The highest BCUT2D eigenvalue weighted by Gasteiger charge is 2.24. The van der Waals surface area contributed by atoms with Crippen LogP contribution < -0.4 is 5.32 Å². The second kappa shape index (κ2) is 9.16. The van der Waals surface area contributed by atoms with Crippen LogP contribution in [0.15, 0.2) is 29.2 Å². The standard InChI is InChI=1S/C17H25FN2OS/c1-2-12-20(15-7-10-19-11-8-15)17(21)9-13-22-16-5-3-14(18)4-6-16/h3-6,15,19H,2,7-13H2,1H3. The van der Waals surface area contributed by atoms with Crippen LogP contribution in [0.3, 0.4) is 0 Å². The van der Waals surface area contributed by atoms with Gasteiger partial charge in [0, 0.05) is 29.7 Å². The molecule has 1 amide bonds. The summed E-state index contributed by atoms with van der Waals surface area (Å²) in [7, 11) is 0. The normalized spacial score (nSPS) is 15.7. The van der Waals surface area contributed by atoms with Crippen molar-refractivity contribution in [2.24, 2.45) is 0 Å². The van der Waals surface area contributed by atoms with Gasteiger partial charge in [0.25, 0.3) is 0 Å². The second-order valence-electron chi connectivity index (χ2n) is 5.62. The molecule has 0 aromatic heterocycles. The van der Waals surface area contributed by atoms with Crippen LogP contribution in [0.1, 0.15) is 32.6 Å². The number of thioether (sulfide) groups is 1. The van der Waals surface area contributed by atoms with Crippen molar-refractivity contribution < 1.29 is 9.18 Å². The van der Waals surface area contributed by atoms with Crippen molar-refractivity contribution in [2.45, 2.75) is 43.5 Å². The lowest BCUT2D eigenvalue weighted by atomic mass is 10.0. The lowest BCUT2D eigenvalue weighted by Crippen LogP contribution is -2.46. The molecule has 2 rings (SSSR count). The first-order valence-electron chi connectivity index (χ1n) is 8.09. The van der Waals surface area contributed by atoms with Crippen LogP contribution in [0.25, 0.3) is 0 Å². The molecule has 122 valence electrons. The molecule has 0 radical (unpaired) electrons. The third-order valence-corrected chi connectivity index (χ3v) is 4.95. The van der Waals surface area contributed by atoms with Crippen LogP contribution in [0.2, 0.25) is 0 Å². The zero-order valence-corrected chi connectivity index (χ0v) is 14.0. The highest BCUT2D eigenvalue weighted by Crippen LogP contribution is 2.20. The molecule has 0 spiro atoms. The Kier molecular flexibility index (Phi) is 7.19. The average molecular weight is 324 g/mol. The Bertz CT molecular complexity index is 460. The van der Waals surface area contributed by atoms with Crippen LogP contribution in [0.5, 0.6) is 0 Å². The number of carbonyl (C=O) groups excluding carboxylic acids is 1. The summed E-state index contributed by atoms with van der Waals surface area (Å²) in [4.78, 5) is 15.6. The van der Waals surface area contributed by atoms with E-state index in [1.165, 1.54) is 12.1 Å². The maximum atomic E-state index is 12.9. The van der Waals surface area contributed by atoms with Gasteiger partial charge in [0.2, 0.25) is 5.91 Å². The summed E-state index contributed by atoms with van der Waals surface area (Å²) in [6.45, 7) is 4.98. The lowest BCUT2D eigenvalue weighted by Gasteiger charge is -2.34. The first-order valence-corrected chi connectivity index (χ1v) is 9.08. The van der Waals surface area contributed by atoms with Crippen LogP contribution in [0.4, 0.5) is 4.39 Å². The van der Waals surface area contributed by atoms with Gasteiger partial charge in [-0.25, -0.2) is 4.39 Å². The number of carbonyl (C=O) groups is 1. The van der Waals surface area contributed by atoms with E-state index in [2.05, 4.69) is 17.1 Å². The molecule has 0 unspecified atom stereocenters. The summed E-state index contributed by atoms with van der Waals surface area (Å²) in [6.07, 6.45) is 3.65. The third kappa shape index (κ3) is 5.29. The van der Waals surface area contributed by atoms with E-state index in [0.717, 1.165) is 49.5 Å². The molecule has 1 aliphatic heterocycles. The van der Waals surface area contributed by atoms with E-state index in [-0.39, 0.29) is 11.7 Å². The van der Waals surface area contributed by atoms with Crippen molar-refractivity contribution in [1.82, 2.24) is 10.2 Å². The molecule has 22 heavy (non-hydrogen) atoms. The number of halogens is 1. The largest absolute Gasteiger partial charge is 0.340 e. The SMILES string of the molecule is CCCN(C(=O)CCSc1ccc(F)cc1)C1CCNCC1. The first kappa shape index (κ1) is 17.3. The molecule has 1 fully saturated rings. The summed E-state index contributed by atoms with van der Waals surface area (Å²) in [6, 6.07) is 6.84. The molecule has 0 atom stereocenters. The molecule has 1 aromatic rings. The highest BCUT2D eigenvalue weighted by molar-refractivity contribution is 7.99. The third-order valence-electron chi connectivity index (χ3n) is 3.93. The quantitative estimate of drug-likeness (QED) is 0.781. The van der Waals surface area contributed by atoms with Crippen LogP contribution in [-0.4, -0.2) is 42.2 Å². The summed E-state index contributed by atoms with van der Waals surface area (Å²) in [5.74, 6) is 0.777. The first-order chi connectivity index (χ1) is 10.7. The van der Waals surface area contributed by atoms with Gasteiger partial charge in [-0.3, -0.25) is 4.79 Å². The van der Waals surface area contributed by atoms with Gasteiger partial charge in [0.15, 0.2) is 0 Å². The molecule has 1 aromatic carbocycles. The topological polar surface area (TPSA) is 32.3 Å². The molecular formula is C17H25FN2OS. The van der Waals surface area contributed by atoms with Crippen molar-refractivity contribution >= 4 is 17.7 Å². The van der Waals surface area contributed by atoms with E-state index >= 15 is 0 Å². The number of nitrogens with one attached hydrogen (secondary N) is 1. The predicted molar refractivity (Wildman–Crippen MR) is 89.6 cm³/mol. The number of rotatable bonds is 7. The lowest BCUT2D eigenvalue weighted by molar-refractivity contribution is -0.133. The van der Waals surface area contributed by atoms with Crippen molar-refractivity contribution in [3.63, 3.8) is 0 Å². The molecule has 1 aliphatic rings. The van der Waals surface area contributed by atoms with Gasteiger partial charge in [0.05, 0.1) is 0 Å². The Balaban J connectivity index is 1.81. The van der Waals surface area contributed by atoms with Gasteiger partial charge in [-0.15, -0.1) is 11.8 Å². The number of hydrogen-bond acceptors (Lipinski definition) is 3. The Hall–Kier alpha value is -1.07. The predicted octanol–water partition coefficient (Wildman–Crippen LogP) is 3.30. The van der Waals surface area contributed by atoms with Gasteiger partial charge in [-0.1, -0.05) is 6.92 Å². The Morgan fingerprint density at radius 1 is 1.32 bits per heavy atom. The maximum Gasteiger partial charge on any atom is 0.223 e. The molecule has 1 N–H and O–H groups in total. The van der Waals surface area contributed by atoms with Crippen LogP contribution in [0, 0.1) is 5.82 Å². The summed E-state index contributed by atoms with van der Waals surface area (Å²) in [5.41, 5.74) is 0. The summed E-state index contributed by atoms with van der Waals surface area (Å²) >= 11 is 1.61. The summed E-state index contributed by atoms with van der Waals surface area (Å²) < 4.78 is 12.9. The van der Waals surface area contributed by atoms with Gasteiger partial charge in [-0.05, 0) is 56.6 Å². The van der Waals surface area contributed by atoms with E-state index in [4.69, 9.17) is 0 Å². The van der Waals surface area contributed by atoms with Crippen LogP contribution >= 0.6 is 11.8 Å². The number of amides is 1. The Morgan fingerprint density at radius 3 is 2.64 bits per heavy atom. The fourth-order valence-electron chi connectivity index (χ4n) is 2.80. The molecular weight excluding hydrogens is 299 g/mol. The fourth-order valence-corrected chi connectivity index (χ4v) is 3.64. The molecule has 1 heterocycles. The van der Waals surface area contributed by atoms with Crippen LogP contribution in [-0.2, 0) is 4.79 Å². The van der Waals surface area contributed by atoms with E-state index < -0.39 is 0 Å². The van der Waals surface area contributed by atoms with Crippen molar-refractivity contribution in [3.8, 4) is 0 Å². The number of hydrogen-bond donors (Lipinski definition) is 1. The van der Waals surface area contributed by atoms with Crippen molar-refractivity contribution in [2.75, 3.05) is 25.4 Å². The minimum atomic E-state index is -0.222. The number of nitrogens with zero attached hydrogens (tertiary/aromatic N) is 1. The Morgan fingerprint density at radius 2 is 2.00 bits per heavy atom. The van der Waals surface area contributed by atoms with E-state index in [1.54, 1.807) is 23.9 Å². The Labute approximate surface area is 136 Å². The minimum absolute atomic E-state index is 0.222. The zero-order chi connectivity index (χ0) is 15.8. The molecule has 1 saturated heterocycles. The van der Waals surface area contributed by atoms with Gasteiger partial charge < -0.3 is 10.2 Å². The molecule has 0 bridgehead atoms. The van der Waals surface area contributed by atoms with E-state index in [0.29, 0.717) is 12.5 Å². The molecule has 0 saturated carbocycles. The van der Waals surface area contributed by atoms with Gasteiger partial charge >= 0.3 is 0 Å². The second-order valence-corrected chi connectivity index (χ2v) is 6.79. The molecule has 0 aliphatic carbocycles.